The molecule has 1 aromatic rings. The molecule has 0 bridgehead atoms. The summed E-state index contributed by atoms with van der Waals surface area (Å²) < 4.78 is 0. The van der Waals surface area contributed by atoms with Crippen LogP contribution in [0.3, 0.4) is 0 Å². The maximum Gasteiger partial charge on any atom is 0.313 e. The normalized spacial score (nSPS) is 10.2. The quantitative estimate of drug-likeness (QED) is 0.867. The van der Waals surface area contributed by atoms with Crippen molar-refractivity contribution < 1.29 is 9.59 Å². The van der Waals surface area contributed by atoms with E-state index in [2.05, 4.69) is 5.32 Å². The molecule has 2 amide bonds. The number of nitrogens with one attached hydrogen (secondary N) is 1. The van der Waals surface area contributed by atoms with Crippen molar-refractivity contribution in [3.8, 4) is 0 Å². The second-order valence-corrected chi connectivity index (χ2v) is 4.78. The summed E-state index contributed by atoms with van der Waals surface area (Å²) in [6.07, 6.45) is 0. The van der Waals surface area contributed by atoms with Crippen molar-refractivity contribution in [3.63, 3.8) is 0 Å². The molecule has 0 spiro atoms. The molecule has 1 N–H and O–H groups in total. The van der Waals surface area contributed by atoms with E-state index < -0.39 is 11.8 Å². The molecular formula is C14H19ClN2O2. The Morgan fingerprint density at radius 1 is 1.21 bits per heavy atom. The van der Waals surface area contributed by atoms with Gasteiger partial charge in [0, 0.05) is 13.1 Å². The van der Waals surface area contributed by atoms with Gasteiger partial charge in [0.2, 0.25) is 0 Å². The third kappa shape index (κ3) is 3.70. The zero-order valence-electron chi connectivity index (χ0n) is 11.7. The second kappa shape index (κ2) is 6.57. The molecule has 0 fully saturated rings. The Bertz CT molecular complexity index is 473. The Morgan fingerprint density at radius 2 is 1.79 bits per heavy atom. The highest BCUT2D eigenvalue weighted by molar-refractivity contribution is 6.41. The van der Waals surface area contributed by atoms with E-state index in [-0.39, 0.29) is 0 Å². The van der Waals surface area contributed by atoms with Crippen LogP contribution in [0.1, 0.15) is 25.0 Å². The predicted molar refractivity (Wildman–Crippen MR) is 77.5 cm³/mol. The topological polar surface area (TPSA) is 49.4 Å². The molecule has 0 saturated heterocycles. The van der Waals surface area contributed by atoms with E-state index in [4.69, 9.17) is 11.6 Å². The first-order chi connectivity index (χ1) is 8.90. The molecule has 4 nitrogen and oxygen atoms in total. The Morgan fingerprint density at radius 3 is 2.26 bits per heavy atom. The first kappa shape index (κ1) is 15.5. The van der Waals surface area contributed by atoms with Crippen molar-refractivity contribution in [1.29, 1.82) is 0 Å². The molecule has 1 aromatic carbocycles. The molecule has 5 heteroatoms. The van der Waals surface area contributed by atoms with Crippen LogP contribution in [0.2, 0.25) is 5.02 Å². The summed E-state index contributed by atoms with van der Waals surface area (Å²) in [5.74, 6) is -1.20. The maximum atomic E-state index is 11.9. The van der Waals surface area contributed by atoms with Crippen LogP contribution in [-0.4, -0.2) is 29.8 Å². The van der Waals surface area contributed by atoms with Gasteiger partial charge >= 0.3 is 11.8 Å². The van der Waals surface area contributed by atoms with Crippen LogP contribution in [0.4, 0.5) is 5.69 Å². The Hall–Kier alpha value is -1.55. The third-order valence-electron chi connectivity index (χ3n) is 2.92. The number of rotatable bonds is 3. The van der Waals surface area contributed by atoms with E-state index in [1.807, 2.05) is 33.8 Å². The summed E-state index contributed by atoms with van der Waals surface area (Å²) in [5, 5.41) is 3.04. The third-order valence-corrected chi connectivity index (χ3v) is 3.21. The number of carbonyl (C=O) groups excluding carboxylic acids is 2. The number of halogens is 1. The van der Waals surface area contributed by atoms with Crippen molar-refractivity contribution in [2.24, 2.45) is 0 Å². The lowest BCUT2D eigenvalue weighted by molar-refractivity contribution is -0.142. The van der Waals surface area contributed by atoms with Crippen LogP contribution in [0, 0.1) is 13.8 Å². The fourth-order valence-corrected chi connectivity index (χ4v) is 2.26. The summed E-state index contributed by atoms with van der Waals surface area (Å²) in [4.78, 5) is 25.2. The number of hydrogen-bond donors (Lipinski definition) is 1. The average Bonchev–Trinajstić information content (AvgIpc) is 2.34. The number of amides is 2. The fraction of sp³-hybridized carbons (Fsp3) is 0.429. The highest BCUT2D eigenvalue weighted by atomic mass is 35.5. The van der Waals surface area contributed by atoms with Crippen LogP contribution >= 0.6 is 11.6 Å². The molecule has 19 heavy (non-hydrogen) atoms. The first-order valence-electron chi connectivity index (χ1n) is 6.27. The Balaban J connectivity index is 2.92. The number of aryl methyl sites for hydroxylation is 2. The predicted octanol–water partition coefficient (Wildman–Crippen LogP) is 2.76. The van der Waals surface area contributed by atoms with Gasteiger partial charge in [-0.1, -0.05) is 17.7 Å². The zero-order valence-corrected chi connectivity index (χ0v) is 12.5. The molecule has 0 heterocycles. The molecule has 0 radical (unpaired) electrons. The van der Waals surface area contributed by atoms with Crippen molar-refractivity contribution in [1.82, 2.24) is 4.90 Å². The van der Waals surface area contributed by atoms with Crippen LogP contribution < -0.4 is 5.32 Å². The molecule has 0 aliphatic heterocycles. The molecule has 0 saturated carbocycles. The highest BCUT2D eigenvalue weighted by Crippen LogP contribution is 2.27. The monoisotopic (exact) mass is 282 g/mol. The van der Waals surface area contributed by atoms with Gasteiger partial charge in [0.15, 0.2) is 0 Å². The maximum absolute atomic E-state index is 11.9. The number of carbonyl (C=O) groups is 2. The number of nitrogens with zero attached hydrogens (tertiary/aromatic N) is 1. The van der Waals surface area contributed by atoms with E-state index in [1.54, 1.807) is 6.07 Å². The summed E-state index contributed by atoms with van der Waals surface area (Å²) >= 11 is 6.09. The lowest BCUT2D eigenvalue weighted by atomic mass is 10.1. The minimum Gasteiger partial charge on any atom is -0.335 e. The van der Waals surface area contributed by atoms with Gasteiger partial charge < -0.3 is 10.2 Å². The van der Waals surface area contributed by atoms with Gasteiger partial charge in [-0.15, -0.1) is 0 Å². The molecule has 0 unspecified atom stereocenters. The van der Waals surface area contributed by atoms with Gasteiger partial charge in [0.05, 0.1) is 10.7 Å². The van der Waals surface area contributed by atoms with Gasteiger partial charge in [-0.05, 0) is 44.9 Å². The summed E-state index contributed by atoms with van der Waals surface area (Å²) in [6.45, 7) is 8.44. The van der Waals surface area contributed by atoms with Crippen molar-refractivity contribution in [2.45, 2.75) is 27.7 Å². The van der Waals surface area contributed by atoms with E-state index in [0.717, 1.165) is 11.1 Å². The van der Waals surface area contributed by atoms with Gasteiger partial charge in [-0.2, -0.15) is 0 Å². The fourth-order valence-electron chi connectivity index (χ4n) is 1.90. The molecular weight excluding hydrogens is 264 g/mol. The lowest BCUT2D eigenvalue weighted by Crippen LogP contribution is -2.39. The molecule has 1 rings (SSSR count). The van der Waals surface area contributed by atoms with Crippen LogP contribution in [-0.2, 0) is 9.59 Å². The summed E-state index contributed by atoms with van der Waals surface area (Å²) in [6, 6.07) is 3.66. The second-order valence-electron chi connectivity index (χ2n) is 4.37. The van der Waals surface area contributed by atoms with Gasteiger partial charge in [-0.25, -0.2) is 0 Å². The number of hydrogen-bond acceptors (Lipinski definition) is 2. The average molecular weight is 283 g/mol. The summed E-state index contributed by atoms with van der Waals surface area (Å²) in [5.41, 5.74) is 2.35. The zero-order chi connectivity index (χ0) is 14.6. The largest absolute Gasteiger partial charge is 0.335 e. The first-order valence-corrected chi connectivity index (χ1v) is 6.65. The molecule has 0 atom stereocenters. The Kier molecular flexibility index (Phi) is 5.36. The number of anilines is 1. The van der Waals surface area contributed by atoms with Crippen molar-refractivity contribution in [2.75, 3.05) is 18.4 Å². The van der Waals surface area contributed by atoms with Gasteiger partial charge in [0.1, 0.15) is 0 Å². The van der Waals surface area contributed by atoms with E-state index in [0.29, 0.717) is 23.8 Å². The van der Waals surface area contributed by atoms with E-state index >= 15 is 0 Å². The molecule has 0 aliphatic rings. The molecule has 0 aliphatic carbocycles. The molecule has 104 valence electrons. The Labute approximate surface area is 118 Å². The SMILES string of the molecule is CCN(CC)C(=O)C(=O)Nc1c(C)cc(C)cc1Cl. The smallest absolute Gasteiger partial charge is 0.313 e. The van der Waals surface area contributed by atoms with Crippen LogP contribution in [0.15, 0.2) is 12.1 Å². The highest BCUT2D eigenvalue weighted by Gasteiger charge is 2.20. The van der Waals surface area contributed by atoms with Crippen molar-refractivity contribution >= 4 is 29.1 Å². The van der Waals surface area contributed by atoms with Crippen molar-refractivity contribution in [3.05, 3.63) is 28.3 Å². The summed E-state index contributed by atoms with van der Waals surface area (Å²) in [7, 11) is 0. The minimum absolute atomic E-state index is 0.443. The number of likely N-dealkylation sites (N-methyl/N-ethyl adjacent to an activating group) is 1. The minimum atomic E-state index is -0.655. The van der Waals surface area contributed by atoms with Gasteiger partial charge in [-0.3, -0.25) is 9.59 Å². The van der Waals surface area contributed by atoms with E-state index in [9.17, 15) is 9.59 Å². The molecule has 0 aromatic heterocycles. The van der Waals surface area contributed by atoms with Crippen LogP contribution in [0.25, 0.3) is 0 Å². The standard InChI is InChI=1S/C14H19ClN2O2/c1-5-17(6-2)14(19)13(18)16-12-10(4)7-9(3)8-11(12)15/h7-8H,5-6H2,1-4H3,(H,16,18). The number of benzene rings is 1. The van der Waals surface area contributed by atoms with Gasteiger partial charge in [0.25, 0.3) is 0 Å². The van der Waals surface area contributed by atoms with E-state index in [1.165, 1.54) is 4.90 Å². The van der Waals surface area contributed by atoms with Crippen LogP contribution in [0.5, 0.6) is 0 Å². The lowest BCUT2D eigenvalue weighted by Gasteiger charge is -2.18.